The summed E-state index contributed by atoms with van der Waals surface area (Å²) in [6, 6.07) is 9.46. The van der Waals surface area contributed by atoms with Crippen molar-refractivity contribution in [1.82, 2.24) is 20.4 Å². The van der Waals surface area contributed by atoms with E-state index in [-0.39, 0.29) is 24.1 Å². The van der Waals surface area contributed by atoms with E-state index >= 15 is 0 Å². The zero-order valence-electron chi connectivity index (χ0n) is 13.1. The molecule has 2 aromatic rings. The van der Waals surface area contributed by atoms with Crippen LogP contribution in [0.2, 0.25) is 0 Å². The number of amides is 2. The Morgan fingerprint density at radius 3 is 2.74 bits per heavy atom. The average molecular weight is 314 g/mol. The molecule has 2 amide bonds. The van der Waals surface area contributed by atoms with E-state index in [0.717, 1.165) is 11.1 Å². The molecule has 23 heavy (non-hydrogen) atoms. The van der Waals surface area contributed by atoms with Crippen LogP contribution >= 0.6 is 0 Å². The molecule has 1 aliphatic rings. The molecule has 1 aromatic heterocycles. The Balaban J connectivity index is 1.60. The molecular weight excluding hydrogens is 292 g/mol. The maximum absolute atomic E-state index is 12.2. The van der Waals surface area contributed by atoms with Crippen LogP contribution in [-0.4, -0.2) is 27.0 Å². The van der Waals surface area contributed by atoms with Crippen LogP contribution in [0.1, 0.15) is 30.0 Å². The molecule has 1 atom stereocenters. The van der Waals surface area contributed by atoms with Gasteiger partial charge in [-0.15, -0.1) is 0 Å². The summed E-state index contributed by atoms with van der Waals surface area (Å²) in [6.07, 6.45) is 4.84. The third-order valence-electron chi connectivity index (χ3n) is 4.29. The molecule has 122 valence electrons. The monoisotopic (exact) mass is 314 g/mol. The number of hydrogen-bond acceptors (Lipinski definition) is 3. The highest BCUT2D eigenvalue weighted by Gasteiger charge is 2.36. The van der Waals surface area contributed by atoms with Gasteiger partial charge in [0.25, 0.3) is 0 Å². The molecule has 0 radical (unpaired) electrons. The molecule has 0 bridgehead atoms. The minimum Gasteiger partial charge on any atom is -0.393 e. The molecule has 1 unspecified atom stereocenters. The number of hydrogen-bond donors (Lipinski definition) is 3. The van der Waals surface area contributed by atoms with Crippen molar-refractivity contribution in [1.29, 1.82) is 0 Å². The molecule has 0 aliphatic heterocycles. The van der Waals surface area contributed by atoms with E-state index in [2.05, 4.69) is 15.7 Å². The number of aliphatic hydroxyl groups is 1. The Kier molecular flexibility index (Phi) is 4.62. The van der Waals surface area contributed by atoms with E-state index in [4.69, 9.17) is 0 Å². The van der Waals surface area contributed by atoms with Gasteiger partial charge in [-0.1, -0.05) is 30.3 Å². The van der Waals surface area contributed by atoms with E-state index in [0.29, 0.717) is 19.4 Å². The Morgan fingerprint density at radius 1 is 1.39 bits per heavy atom. The Hall–Kier alpha value is -2.34. The summed E-state index contributed by atoms with van der Waals surface area (Å²) >= 11 is 0. The first-order chi connectivity index (χ1) is 11.1. The zero-order chi connectivity index (χ0) is 16.2. The standard InChI is InChI=1S/C17H22N4O2/c1-21-11-14(10-19-21)16(13-7-15(22)8-13)20-17(23)18-9-12-5-3-2-4-6-12/h2-6,10-11,13,15-16,22H,7-9H2,1H3,(H2,18,20,23). The SMILES string of the molecule is Cn1cc(C(NC(=O)NCc2ccccc2)C2CC(O)C2)cn1. The molecule has 6 heteroatoms. The summed E-state index contributed by atoms with van der Waals surface area (Å²) in [5.74, 6) is 0.247. The zero-order valence-corrected chi connectivity index (χ0v) is 13.1. The number of aliphatic hydroxyl groups excluding tert-OH is 1. The third kappa shape index (κ3) is 3.90. The van der Waals surface area contributed by atoms with Crippen LogP contribution < -0.4 is 10.6 Å². The van der Waals surface area contributed by atoms with Gasteiger partial charge >= 0.3 is 6.03 Å². The Bertz CT molecular complexity index is 650. The van der Waals surface area contributed by atoms with E-state index in [1.54, 1.807) is 10.9 Å². The second-order valence-electron chi connectivity index (χ2n) is 6.12. The van der Waals surface area contributed by atoms with Crippen molar-refractivity contribution < 1.29 is 9.90 Å². The van der Waals surface area contributed by atoms with Gasteiger partial charge < -0.3 is 15.7 Å². The van der Waals surface area contributed by atoms with E-state index < -0.39 is 0 Å². The summed E-state index contributed by atoms with van der Waals surface area (Å²) in [4.78, 5) is 12.2. The predicted octanol–water partition coefficient (Wildman–Crippen LogP) is 1.73. The molecule has 1 saturated carbocycles. The van der Waals surface area contributed by atoms with Crippen molar-refractivity contribution >= 4 is 6.03 Å². The number of carbonyl (C=O) groups excluding carboxylic acids is 1. The van der Waals surface area contributed by atoms with Gasteiger partial charge in [-0.05, 0) is 24.3 Å². The molecule has 1 aromatic carbocycles. The van der Waals surface area contributed by atoms with Gasteiger partial charge in [0.05, 0.1) is 18.3 Å². The van der Waals surface area contributed by atoms with Gasteiger partial charge in [0.15, 0.2) is 0 Å². The van der Waals surface area contributed by atoms with Crippen molar-refractivity contribution in [3.8, 4) is 0 Å². The number of carbonyl (C=O) groups is 1. The summed E-state index contributed by atoms with van der Waals surface area (Å²) < 4.78 is 1.72. The minimum absolute atomic E-state index is 0.122. The third-order valence-corrected chi connectivity index (χ3v) is 4.29. The smallest absolute Gasteiger partial charge is 0.315 e. The number of nitrogens with one attached hydrogen (secondary N) is 2. The second-order valence-corrected chi connectivity index (χ2v) is 6.12. The number of benzene rings is 1. The fourth-order valence-corrected chi connectivity index (χ4v) is 2.95. The van der Waals surface area contributed by atoms with Gasteiger partial charge in [-0.3, -0.25) is 4.68 Å². The molecule has 1 fully saturated rings. The van der Waals surface area contributed by atoms with Crippen molar-refractivity contribution in [2.45, 2.75) is 31.5 Å². The quantitative estimate of drug-likeness (QED) is 0.786. The molecule has 3 N–H and O–H groups in total. The maximum atomic E-state index is 12.2. The number of nitrogens with zero attached hydrogens (tertiary/aromatic N) is 2. The van der Waals surface area contributed by atoms with Gasteiger partial charge in [0.2, 0.25) is 0 Å². The van der Waals surface area contributed by atoms with Crippen LogP contribution in [-0.2, 0) is 13.6 Å². The molecule has 1 aliphatic carbocycles. The lowest BCUT2D eigenvalue weighted by atomic mass is 9.75. The first kappa shape index (κ1) is 15.6. The predicted molar refractivity (Wildman–Crippen MR) is 86.5 cm³/mol. The molecular formula is C17H22N4O2. The molecule has 0 spiro atoms. The van der Waals surface area contributed by atoms with Gasteiger partial charge in [0, 0.05) is 25.4 Å². The maximum Gasteiger partial charge on any atom is 0.315 e. The van der Waals surface area contributed by atoms with Crippen LogP contribution in [0.4, 0.5) is 4.79 Å². The number of rotatable bonds is 5. The number of urea groups is 1. The van der Waals surface area contributed by atoms with Crippen molar-refractivity contribution in [3.63, 3.8) is 0 Å². The normalized spacial score (nSPS) is 21.3. The first-order valence-electron chi connectivity index (χ1n) is 7.86. The largest absolute Gasteiger partial charge is 0.393 e. The summed E-state index contributed by atoms with van der Waals surface area (Å²) in [5, 5.41) is 19.6. The van der Waals surface area contributed by atoms with Crippen molar-refractivity contribution in [2.24, 2.45) is 13.0 Å². The van der Waals surface area contributed by atoms with Crippen molar-refractivity contribution in [3.05, 3.63) is 53.9 Å². The van der Waals surface area contributed by atoms with E-state index in [1.807, 2.05) is 43.6 Å². The molecule has 6 nitrogen and oxygen atoms in total. The fourth-order valence-electron chi connectivity index (χ4n) is 2.95. The van der Waals surface area contributed by atoms with Gasteiger partial charge in [-0.2, -0.15) is 5.10 Å². The van der Waals surface area contributed by atoms with Crippen LogP contribution in [0.25, 0.3) is 0 Å². The lowest BCUT2D eigenvalue weighted by Crippen LogP contribution is -2.44. The average Bonchev–Trinajstić information content (AvgIpc) is 2.95. The van der Waals surface area contributed by atoms with Gasteiger partial charge in [0.1, 0.15) is 0 Å². The second kappa shape index (κ2) is 6.83. The highest BCUT2D eigenvalue weighted by molar-refractivity contribution is 5.74. The van der Waals surface area contributed by atoms with Crippen LogP contribution in [0.3, 0.4) is 0 Å². The fraction of sp³-hybridized carbons (Fsp3) is 0.412. The van der Waals surface area contributed by atoms with Crippen LogP contribution in [0, 0.1) is 5.92 Å². The summed E-state index contributed by atoms with van der Waals surface area (Å²) in [5.41, 5.74) is 2.03. The first-order valence-corrected chi connectivity index (χ1v) is 7.86. The number of aryl methyl sites for hydroxylation is 1. The lowest BCUT2D eigenvalue weighted by Gasteiger charge is -2.37. The Labute approximate surface area is 135 Å². The van der Waals surface area contributed by atoms with Gasteiger partial charge in [-0.25, -0.2) is 4.79 Å². The minimum atomic E-state index is -0.256. The van der Waals surface area contributed by atoms with Crippen LogP contribution in [0.15, 0.2) is 42.7 Å². The molecule has 3 rings (SSSR count). The van der Waals surface area contributed by atoms with E-state index in [9.17, 15) is 9.90 Å². The Morgan fingerprint density at radius 2 is 2.13 bits per heavy atom. The molecule has 0 saturated heterocycles. The summed E-state index contributed by atoms with van der Waals surface area (Å²) in [6.45, 7) is 0.486. The summed E-state index contributed by atoms with van der Waals surface area (Å²) in [7, 11) is 1.85. The highest BCUT2D eigenvalue weighted by atomic mass is 16.3. The number of aromatic nitrogens is 2. The van der Waals surface area contributed by atoms with E-state index in [1.165, 1.54) is 0 Å². The molecule has 1 heterocycles. The topological polar surface area (TPSA) is 79.2 Å². The highest BCUT2D eigenvalue weighted by Crippen LogP contribution is 2.37. The van der Waals surface area contributed by atoms with Crippen LogP contribution in [0.5, 0.6) is 0 Å². The lowest BCUT2D eigenvalue weighted by molar-refractivity contribution is 0.0259. The van der Waals surface area contributed by atoms with Crippen molar-refractivity contribution in [2.75, 3.05) is 0 Å².